The Morgan fingerprint density at radius 3 is 2.42 bits per heavy atom. The standard InChI is InChI=1S/C22H34N2O2/c1-22(2,3)26-21(25)18-8-9-20(23-13-18)24-11-10-17-12-16(15-4-5-15)6-7-19(17)14-24/h8-9,13,15-17,19-20,23H,4-7,10-12,14H2,1-3H3. The summed E-state index contributed by atoms with van der Waals surface area (Å²) in [5, 5.41) is 3.41. The molecular weight excluding hydrogens is 324 g/mol. The van der Waals surface area contributed by atoms with Crippen LogP contribution in [0.3, 0.4) is 0 Å². The molecule has 2 heterocycles. The Balaban J connectivity index is 1.29. The van der Waals surface area contributed by atoms with Crippen LogP contribution >= 0.6 is 0 Å². The normalized spacial score (nSPS) is 35.3. The zero-order valence-corrected chi connectivity index (χ0v) is 16.5. The lowest BCUT2D eigenvalue weighted by atomic mass is 9.69. The third kappa shape index (κ3) is 4.16. The molecule has 0 radical (unpaired) electrons. The molecule has 4 rings (SSSR count). The first-order valence-corrected chi connectivity index (χ1v) is 10.5. The number of hydrogen-bond acceptors (Lipinski definition) is 4. The summed E-state index contributed by atoms with van der Waals surface area (Å²) in [5.74, 6) is 3.68. The molecule has 0 amide bonds. The van der Waals surface area contributed by atoms with Crippen LogP contribution in [-0.2, 0) is 9.53 Å². The van der Waals surface area contributed by atoms with Crippen molar-refractivity contribution in [3.8, 4) is 0 Å². The van der Waals surface area contributed by atoms with E-state index in [0.717, 1.165) is 30.2 Å². The minimum atomic E-state index is -0.455. The first kappa shape index (κ1) is 18.1. The van der Waals surface area contributed by atoms with Gasteiger partial charge < -0.3 is 10.1 Å². The van der Waals surface area contributed by atoms with Gasteiger partial charge in [0.05, 0.1) is 11.7 Å². The molecule has 0 bridgehead atoms. The van der Waals surface area contributed by atoms with Crippen molar-refractivity contribution in [1.82, 2.24) is 10.2 Å². The Kier molecular flexibility index (Phi) is 4.89. The van der Waals surface area contributed by atoms with Crippen LogP contribution in [0.5, 0.6) is 0 Å². The van der Waals surface area contributed by atoms with Crippen molar-refractivity contribution in [2.75, 3.05) is 13.1 Å². The average Bonchev–Trinajstić information content (AvgIpc) is 3.45. The van der Waals surface area contributed by atoms with Gasteiger partial charge in [-0.1, -0.05) is 0 Å². The molecule has 2 aliphatic carbocycles. The van der Waals surface area contributed by atoms with Gasteiger partial charge >= 0.3 is 5.97 Å². The number of dihydropyridines is 1. The Morgan fingerprint density at radius 2 is 1.77 bits per heavy atom. The molecule has 2 aliphatic heterocycles. The van der Waals surface area contributed by atoms with Crippen LogP contribution in [0.2, 0.25) is 0 Å². The number of piperidine rings is 1. The second kappa shape index (κ2) is 7.03. The molecule has 3 fully saturated rings. The number of fused-ring (bicyclic) bond motifs is 1. The number of hydrogen-bond donors (Lipinski definition) is 1. The summed E-state index contributed by atoms with van der Waals surface area (Å²) in [6.07, 6.45) is 14.8. The van der Waals surface area contributed by atoms with Gasteiger partial charge in [0.15, 0.2) is 0 Å². The number of rotatable bonds is 3. The van der Waals surface area contributed by atoms with E-state index >= 15 is 0 Å². The molecule has 0 aromatic rings. The molecule has 4 nitrogen and oxygen atoms in total. The highest BCUT2D eigenvalue weighted by molar-refractivity contribution is 5.92. The topological polar surface area (TPSA) is 41.6 Å². The van der Waals surface area contributed by atoms with Crippen molar-refractivity contribution in [3.05, 3.63) is 23.9 Å². The van der Waals surface area contributed by atoms with E-state index in [0.29, 0.717) is 5.57 Å². The molecule has 0 spiro atoms. The summed E-state index contributed by atoms with van der Waals surface area (Å²) in [5.41, 5.74) is 0.153. The lowest BCUT2D eigenvalue weighted by molar-refractivity contribution is -0.149. The van der Waals surface area contributed by atoms with Gasteiger partial charge in [-0.05, 0) is 95.1 Å². The van der Waals surface area contributed by atoms with E-state index in [1.165, 1.54) is 45.1 Å². The molecule has 4 aliphatic rings. The van der Waals surface area contributed by atoms with Gasteiger partial charge in [-0.2, -0.15) is 0 Å². The Labute approximate surface area is 158 Å². The van der Waals surface area contributed by atoms with Gasteiger partial charge in [0.25, 0.3) is 0 Å². The highest BCUT2D eigenvalue weighted by Gasteiger charge is 2.41. The van der Waals surface area contributed by atoms with Crippen molar-refractivity contribution in [3.63, 3.8) is 0 Å². The predicted octanol–water partition coefficient (Wildman–Crippen LogP) is 3.85. The highest BCUT2D eigenvalue weighted by Crippen LogP contribution is 2.48. The van der Waals surface area contributed by atoms with Gasteiger partial charge in [0.1, 0.15) is 5.60 Å². The maximum Gasteiger partial charge on any atom is 0.340 e. The molecule has 26 heavy (non-hydrogen) atoms. The lowest BCUT2D eigenvalue weighted by Crippen LogP contribution is -2.51. The molecule has 4 unspecified atom stereocenters. The highest BCUT2D eigenvalue weighted by atomic mass is 16.6. The summed E-state index contributed by atoms with van der Waals surface area (Å²) in [6.45, 7) is 8.05. The average molecular weight is 359 g/mol. The van der Waals surface area contributed by atoms with E-state index in [2.05, 4.69) is 16.3 Å². The fourth-order valence-electron chi connectivity index (χ4n) is 5.09. The zero-order chi connectivity index (χ0) is 18.3. The minimum absolute atomic E-state index is 0.211. The summed E-state index contributed by atoms with van der Waals surface area (Å²) < 4.78 is 5.45. The molecule has 144 valence electrons. The molecule has 0 aromatic heterocycles. The Morgan fingerprint density at radius 1 is 1.08 bits per heavy atom. The summed E-state index contributed by atoms with van der Waals surface area (Å²) in [7, 11) is 0. The predicted molar refractivity (Wildman–Crippen MR) is 103 cm³/mol. The number of carbonyl (C=O) groups excluding carboxylic acids is 1. The van der Waals surface area contributed by atoms with E-state index < -0.39 is 5.60 Å². The summed E-state index contributed by atoms with van der Waals surface area (Å²) in [6, 6.07) is 0. The van der Waals surface area contributed by atoms with Crippen LogP contribution in [0.1, 0.15) is 59.3 Å². The van der Waals surface area contributed by atoms with E-state index in [9.17, 15) is 4.79 Å². The van der Waals surface area contributed by atoms with Crippen molar-refractivity contribution in [1.29, 1.82) is 0 Å². The van der Waals surface area contributed by atoms with Crippen LogP contribution < -0.4 is 5.32 Å². The van der Waals surface area contributed by atoms with Crippen molar-refractivity contribution in [2.45, 2.75) is 71.1 Å². The number of esters is 1. The van der Waals surface area contributed by atoms with Gasteiger partial charge in [0.2, 0.25) is 0 Å². The smallest absolute Gasteiger partial charge is 0.340 e. The summed E-state index contributed by atoms with van der Waals surface area (Å²) in [4.78, 5) is 14.7. The largest absolute Gasteiger partial charge is 0.456 e. The molecule has 4 atom stereocenters. The first-order chi connectivity index (χ1) is 12.4. The minimum Gasteiger partial charge on any atom is -0.456 e. The fraction of sp³-hybridized carbons (Fsp3) is 0.773. The first-order valence-electron chi connectivity index (χ1n) is 10.5. The maximum absolute atomic E-state index is 12.2. The molecule has 2 saturated carbocycles. The number of ether oxygens (including phenoxy) is 1. The van der Waals surface area contributed by atoms with E-state index in [1.807, 2.05) is 33.0 Å². The van der Waals surface area contributed by atoms with Crippen LogP contribution in [0.4, 0.5) is 0 Å². The summed E-state index contributed by atoms with van der Waals surface area (Å²) >= 11 is 0. The molecule has 1 N–H and O–H groups in total. The van der Waals surface area contributed by atoms with Gasteiger partial charge in [-0.25, -0.2) is 4.79 Å². The number of nitrogens with zero attached hydrogens (tertiary/aromatic N) is 1. The van der Waals surface area contributed by atoms with E-state index in [1.54, 1.807) is 0 Å². The molecular formula is C22H34N2O2. The van der Waals surface area contributed by atoms with Gasteiger partial charge in [-0.15, -0.1) is 0 Å². The van der Waals surface area contributed by atoms with Crippen molar-refractivity contribution >= 4 is 5.97 Å². The van der Waals surface area contributed by atoms with Crippen LogP contribution in [-0.4, -0.2) is 35.7 Å². The third-order valence-electron chi connectivity index (χ3n) is 6.62. The van der Waals surface area contributed by atoms with E-state index in [-0.39, 0.29) is 12.1 Å². The maximum atomic E-state index is 12.2. The quantitative estimate of drug-likeness (QED) is 0.778. The number of likely N-dealkylation sites (tertiary alicyclic amines) is 1. The van der Waals surface area contributed by atoms with Crippen LogP contribution in [0.25, 0.3) is 0 Å². The number of carbonyl (C=O) groups is 1. The second-order valence-corrected chi connectivity index (χ2v) is 9.79. The Hall–Kier alpha value is -1.29. The van der Waals surface area contributed by atoms with Crippen LogP contribution in [0, 0.1) is 23.7 Å². The van der Waals surface area contributed by atoms with E-state index in [4.69, 9.17) is 4.74 Å². The second-order valence-electron chi connectivity index (χ2n) is 9.79. The van der Waals surface area contributed by atoms with Gasteiger partial charge in [-0.3, -0.25) is 4.90 Å². The number of nitrogens with one attached hydrogen (secondary N) is 1. The van der Waals surface area contributed by atoms with Gasteiger partial charge in [0, 0.05) is 19.3 Å². The zero-order valence-electron chi connectivity index (χ0n) is 16.5. The van der Waals surface area contributed by atoms with Crippen molar-refractivity contribution < 1.29 is 9.53 Å². The monoisotopic (exact) mass is 358 g/mol. The third-order valence-corrected chi connectivity index (χ3v) is 6.62. The Bertz CT molecular complexity index is 600. The molecule has 1 saturated heterocycles. The van der Waals surface area contributed by atoms with Crippen LogP contribution in [0.15, 0.2) is 23.9 Å². The van der Waals surface area contributed by atoms with Crippen molar-refractivity contribution in [2.24, 2.45) is 23.7 Å². The fourth-order valence-corrected chi connectivity index (χ4v) is 5.09. The molecule has 4 heteroatoms. The lowest BCUT2D eigenvalue weighted by Gasteiger charge is -2.46. The molecule has 0 aromatic carbocycles. The SMILES string of the molecule is CC(C)(C)OC(=O)C1=CNC(N2CCC3CC(C4CC4)CCC3C2)C=C1.